The van der Waals surface area contributed by atoms with E-state index in [1.807, 2.05) is 6.92 Å². The number of carbonyl (C=O) groups excluding carboxylic acids is 1. The van der Waals surface area contributed by atoms with E-state index in [0.29, 0.717) is 13.0 Å². The van der Waals surface area contributed by atoms with Gasteiger partial charge in [-0.2, -0.15) is 0 Å². The van der Waals surface area contributed by atoms with Crippen LogP contribution in [0.1, 0.15) is 44.7 Å². The average molecular weight is 291 g/mol. The smallest absolute Gasteiger partial charge is 0.305 e. The zero-order valence-electron chi connectivity index (χ0n) is 13.2. The topological polar surface area (TPSA) is 47.6 Å². The zero-order chi connectivity index (χ0) is 15.3. The Morgan fingerprint density at radius 1 is 1.43 bits per heavy atom. The minimum Gasteiger partial charge on any atom is -0.487 e. The van der Waals surface area contributed by atoms with E-state index in [0.717, 1.165) is 31.7 Å². The largest absolute Gasteiger partial charge is 0.487 e. The number of esters is 1. The summed E-state index contributed by atoms with van der Waals surface area (Å²) in [6.07, 6.45) is 2.24. The van der Waals surface area contributed by atoms with Gasteiger partial charge in [-0.3, -0.25) is 4.79 Å². The Balaban J connectivity index is 1.72. The molecule has 0 unspecified atom stereocenters. The normalized spacial score (nSPS) is 15.4. The monoisotopic (exact) mass is 291 g/mol. The summed E-state index contributed by atoms with van der Waals surface area (Å²) in [6.45, 7) is 8.14. The summed E-state index contributed by atoms with van der Waals surface area (Å²) in [7, 11) is 0. The highest BCUT2D eigenvalue weighted by atomic mass is 16.5. The number of rotatable bonds is 7. The molecule has 1 aromatic carbocycles. The summed E-state index contributed by atoms with van der Waals surface area (Å²) in [5.74, 6) is 0.891. The molecule has 4 nitrogen and oxygen atoms in total. The van der Waals surface area contributed by atoms with Crippen LogP contribution in [0.5, 0.6) is 5.75 Å². The van der Waals surface area contributed by atoms with Crippen molar-refractivity contribution in [2.45, 2.75) is 52.2 Å². The van der Waals surface area contributed by atoms with Gasteiger partial charge in [0.15, 0.2) is 0 Å². The Morgan fingerprint density at radius 2 is 2.24 bits per heavy atom. The van der Waals surface area contributed by atoms with Gasteiger partial charge >= 0.3 is 5.97 Å². The van der Waals surface area contributed by atoms with Gasteiger partial charge in [-0.15, -0.1) is 0 Å². The van der Waals surface area contributed by atoms with E-state index < -0.39 is 0 Å². The molecule has 2 rings (SSSR count). The number of carbonyl (C=O) groups is 1. The van der Waals surface area contributed by atoms with Crippen molar-refractivity contribution >= 4 is 5.97 Å². The van der Waals surface area contributed by atoms with Gasteiger partial charge in [0.1, 0.15) is 11.4 Å². The summed E-state index contributed by atoms with van der Waals surface area (Å²) in [5.41, 5.74) is 2.45. The minimum atomic E-state index is -0.115. The van der Waals surface area contributed by atoms with Gasteiger partial charge in [0.05, 0.1) is 6.61 Å². The van der Waals surface area contributed by atoms with Gasteiger partial charge in [0.25, 0.3) is 0 Å². The van der Waals surface area contributed by atoms with E-state index in [4.69, 9.17) is 9.47 Å². The molecule has 21 heavy (non-hydrogen) atoms. The Labute approximate surface area is 126 Å². The molecule has 4 heteroatoms. The van der Waals surface area contributed by atoms with Crippen LogP contribution in [0, 0.1) is 0 Å². The van der Waals surface area contributed by atoms with Crippen molar-refractivity contribution in [2.24, 2.45) is 0 Å². The lowest BCUT2D eigenvalue weighted by molar-refractivity contribution is -0.143. The molecule has 1 aromatic rings. The van der Waals surface area contributed by atoms with Crippen LogP contribution in [0.25, 0.3) is 0 Å². The molecule has 1 heterocycles. The molecule has 1 N–H and O–H groups in total. The van der Waals surface area contributed by atoms with Crippen LogP contribution < -0.4 is 10.1 Å². The number of hydrogen-bond donors (Lipinski definition) is 1. The third-order valence-electron chi connectivity index (χ3n) is 3.50. The maximum atomic E-state index is 11.2. The first-order chi connectivity index (χ1) is 10.00. The number of fused-ring (bicyclic) bond motifs is 1. The molecular weight excluding hydrogens is 266 g/mol. The summed E-state index contributed by atoms with van der Waals surface area (Å²) in [4.78, 5) is 11.2. The second kappa shape index (κ2) is 6.94. The van der Waals surface area contributed by atoms with Crippen LogP contribution in [0.4, 0.5) is 0 Å². The molecule has 0 saturated carbocycles. The van der Waals surface area contributed by atoms with E-state index in [-0.39, 0.29) is 11.6 Å². The summed E-state index contributed by atoms with van der Waals surface area (Å²) in [6, 6.07) is 6.36. The molecule has 0 radical (unpaired) electrons. The Kier molecular flexibility index (Phi) is 5.23. The third kappa shape index (κ3) is 4.74. The van der Waals surface area contributed by atoms with Crippen molar-refractivity contribution in [3.05, 3.63) is 29.3 Å². The van der Waals surface area contributed by atoms with Crippen molar-refractivity contribution in [1.82, 2.24) is 5.32 Å². The SMILES string of the molecule is CCOC(=O)CCCNCc1ccc2c(c1)CC(C)(C)O2. The number of benzene rings is 1. The van der Waals surface area contributed by atoms with Crippen molar-refractivity contribution in [3.8, 4) is 5.75 Å². The van der Waals surface area contributed by atoms with Crippen LogP contribution in [0.15, 0.2) is 18.2 Å². The van der Waals surface area contributed by atoms with Gasteiger partial charge in [-0.25, -0.2) is 0 Å². The van der Waals surface area contributed by atoms with Crippen LogP contribution >= 0.6 is 0 Å². The summed E-state index contributed by atoms with van der Waals surface area (Å²) < 4.78 is 10.8. The summed E-state index contributed by atoms with van der Waals surface area (Å²) >= 11 is 0. The first-order valence-corrected chi connectivity index (χ1v) is 7.67. The predicted octanol–water partition coefficient (Wildman–Crippen LogP) is 2.83. The molecule has 0 saturated heterocycles. The van der Waals surface area contributed by atoms with E-state index in [1.165, 1.54) is 11.1 Å². The maximum Gasteiger partial charge on any atom is 0.305 e. The van der Waals surface area contributed by atoms with E-state index >= 15 is 0 Å². The predicted molar refractivity (Wildman–Crippen MR) is 82.4 cm³/mol. The van der Waals surface area contributed by atoms with Gasteiger partial charge in [-0.1, -0.05) is 12.1 Å². The van der Waals surface area contributed by atoms with E-state index in [1.54, 1.807) is 0 Å². The fourth-order valence-corrected chi connectivity index (χ4v) is 2.60. The lowest BCUT2D eigenvalue weighted by Crippen LogP contribution is -2.24. The van der Waals surface area contributed by atoms with Crippen LogP contribution in [-0.4, -0.2) is 24.7 Å². The molecule has 0 amide bonds. The Morgan fingerprint density at radius 3 is 3.00 bits per heavy atom. The van der Waals surface area contributed by atoms with Gasteiger partial charge in [0.2, 0.25) is 0 Å². The fraction of sp³-hybridized carbons (Fsp3) is 0.588. The molecule has 0 atom stereocenters. The molecular formula is C17H25NO3. The molecule has 0 bridgehead atoms. The fourth-order valence-electron chi connectivity index (χ4n) is 2.60. The highest BCUT2D eigenvalue weighted by Gasteiger charge is 2.29. The van der Waals surface area contributed by atoms with Crippen molar-refractivity contribution in [2.75, 3.05) is 13.2 Å². The van der Waals surface area contributed by atoms with Gasteiger partial charge in [-0.05, 0) is 50.9 Å². The second-order valence-corrected chi connectivity index (χ2v) is 6.07. The highest BCUT2D eigenvalue weighted by molar-refractivity contribution is 5.69. The molecule has 1 aliphatic rings. The Hall–Kier alpha value is -1.55. The van der Waals surface area contributed by atoms with E-state index in [9.17, 15) is 4.79 Å². The molecule has 1 aliphatic heterocycles. The van der Waals surface area contributed by atoms with Crippen LogP contribution in [-0.2, 0) is 22.5 Å². The quantitative estimate of drug-likeness (QED) is 0.620. The first-order valence-electron chi connectivity index (χ1n) is 7.67. The third-order valence-corrected chi connectivity index (χ3v) is 3.50. The second-order valence-electron chi connectivity index (χ2n) is 6.07. The highest BCUT2D eigenvalue weighted by Crippen LogP contribution is 2.35. The Bertz CT molecular complexity index is 497. The lowest BCUT2D eigenvalue weighted by atomic mass is 10.0. The van der Waals surface area contributed by atoms with Crippen molar-refractivity contribution in [3.63, 3.8) is 0 Å². The van der Waals surface area contributed by atoms with Crippen molar-refractivity contribution in [1.29, 1.82) is 0 Å². The molecule has 0 spiro atoms. The van der Waals surface area contributed by atoms with E-state index in [2.05, 4.69) is 37.4 Å². The minimum absolute atomic E-state index is 0.0893. The number of ether oxygens (including phenoxy) is 2. The summed E-state index contributed by atoms with van der Waals surface area (Å²) in [5, 5.41) is 3.36. The lowest BCUT2D eigenvalue weighted by Gasteiger charge is -2.16. The first kappa shape index (κ1) is 15.8. The zero-order valence-corrected chi connectivity index (χ0v) is 13.2. The molecule has 0 aromatic heterocycles. The van der Waals surface area contributed by atoms with Crippen molar-refractivity contribution < 1.29 is 14.3 Å². The van der Waals surface area contributed by atoms with Crippen LogP contribution in [0.3, 0.4) is 0 Å². The number of hydrogen-bond acceptors (Lipinski definition) is 4. The molecule has 116 valence electrons. The van der Waals surface area contributed by atoms with Gasteiger partial charge < -0.3 is 14.8 Å². The van der Waals surface area contributed by atoms with Crippen LogP contribution in [0.2, 0.25) is 0 Å². The average Bonchev–Trinajstić information content (AvgIpc) is 2.71. The van der Waals surface area contributed by atoms with Gasteiger partial charge in [0, 0.05) is 19.4 Å². The molecule has 0 fully saturated rings. The number of nitrogens with one attached hydrogen (secondary N) is 1. The molecule has 0 aliphatic carbocycles. The standard InChI is InChI=1S/C17H25NO3/c1-4-20-16(19)6-5-9-18-12-13-7-8-15-14(10-13)11-17(2,3)21-15/h7-8,10,18H,4-6,9,11-12H2,1-3H3. The maximum absolute atomic E-state index is 11.2.